The van der Waals surface area contributed by atoms with Gasteiger partial charge in [-0.15, -0.1) is 0 Å². The number of carbonyl (C=O) groups excluding carboxylic acids is 2. The molecule has 4 nitrogen and oxygen atoms in total. The van der Waals surface area contributed by atoms with Crippen molar-refractivity contribution in [3.63, 3.8) is 0 Å². The SMILES string of the molecule is O=C(CNc1ccc(Cl)cc1C(=O)c1ccccc1)NC1CCCC1. The van der Waals surface area contributed by atoms with Crippen LogP contribution in [0.2, 0.25) is 5.02 Å². The van der Waals surface area contributed by atoms with Gasteiger partial charge in [-0.1, -0.05) is 54.8 Å². The molecule has 1 fully saturated rings. The van der Waals surface area contributed by atoms with Crippen molar-refractivity contribution in [1.29, 1.82) is 0 Å². The molecule has 1 saturated carbocycles. The molecule has 1 amide bonds. The molecule has 0 aliphatic heterocycles. The number of anilines is 1. The number of carbonyl (C=O) groups is 2. The van der Waals surface area contributed by atoms with Gasteiger partial charge in [0.2, 0.25) is 5.91 Å². The number of halogens is 1. The Bertz CT molecular complexity index is 756. The molecule has 5 heteroatoms. The number of rotatable bonds is 6. The number of hydrogen-bond donors (Lipinski definition) is 2. The minimum atomic E-state index is -0.123. The third kappa shape index (κ3) is 4.60. The zero-order valence-electron chi connectivity index (χ0n) is 13.9. The van der Waals surface area contributed by atoms with E-state index in [0.717, 1.165) is 12.8 Å². The van der Waals surface area contributed by atoms with Gasteiger partial charge in [-0.3, -0.25) is 9.59 Å². The molecule has 0 bridgehead atoms. The normalized spacial score (nSPS) is 14.3. The maximum atomic E-state index is 12.7. The fraction of sp³-hybridized carbons (Fsp3) is 0.300. The van der Waals surface area contributed by atoms with E-state index in [1.807, 2.05) is 18.2 Å². The molecular formula is C20H21ClN2O2. The Kier molecular flexibility index (Phi) is 5.71. The second kappa shape index (κ2) is 8.17. The molecule has 0 unspecified atom stereocenters. The molecule has 1 aliphatic rings. The highest BCUT2D eigenvalue weighted by Gasteiger charge is 2.18. The summed E-state index contributed by atoms with van der Waals surface area (Å²) in [5.41, 5.74) is 1.66. The molecule has 130 valence electrons. The van der Waals surface area contributed by atoms with Crippen LogP contribution in [0.15, 0.2) is 48.5 Å². The molecule has 0 radical (unpaired) electrons. The fourth-order valence-corrected chi connectivity index (χ4v) is 3.30. The van der Waals surface area contributed by atoms with Crippen molar-refractivity contribution >= 4 is 29.0 Å². The summed E-state index contributed by atoms with van der Waals surface area (Å²) in [5.74, 6) is -0.179. The summed E-state index contributed by atoms with van der Waals surface area (Å²) in [6.45, 7) is 0.132. The molecule has 3 rings (SSSR count). The zero-order valence-corrected chi connectivity index (χ0v) is 14.7. The first-order valence-corrected chi connectivity index (χ1v) is 8.94. The van der Waals surface area contributed by atoms with E-state index >= 15 is 0 Å². The number of nitrogens with one attached hydrogen (secondary N) is 2. The van der Waals surface area contributed by atoms with Crippen molar-refractivity contribution in [2.24, 2.45) is 0 Å². The molecule has 0 aromatic heterocycles. The molecule has 2 N–H and O–H groups in total. The van der Waals surface area contributed by atoms with Crippen LogP contribution in [-0.4, -0.2) is 24.3 Å². The average Bonchev–Trinajstić information content (AvgIpc) is 3.13. The van der Waals surface area contributed by atoms with E-state index in [0.29, 0.717) is 21.8 Å². The second-order valence-electron chi connectivity index (χ2n) is 6.29. The highest BCUT2D eigenvalue weighted by atomic mass is 35.5. The molecule has 0 atom stereocenters. The van der Waals surface area contributed by atoms with Crippen molar-refractivity contribution in [2.75, 3.05) is 11.9 Å². The Morgan fingerprint density at radius 1 is 1.04 bits per heavy atom. The maximum absolute atomic E-state index is 12.7. The van der Waals surface area contributed by atoms with Crippen molar-refractivity contribution in [2.45, 2.75) is 31.7 Å². The number of hydrogen-bond acceptors (Lipinski definition) is 3. The zero-order chi connectivity index (χ0) is 17.6. The van der Waals surface area contributed by atoms with Crippen molar-refractivity contribution in [3.8, 4) is 0 Å². The predicted octanol–water partition coefficient (Wildman–Crippen LogP) is 4.04. The van der Waals surface area contributed by atoms with E-state index in [9.17, 15) is 9.59 Å². The highest BCUT2D eigenvalue weighted by molar-refractivity contribution is 6.31. The lowest BCUT2D eigenvalue weighted by Gasteiger charge is -2.15. The van der Waals surface area contributed by atoms with E-state index < -0.39 is 0 Å². The van der Waals surface area contributed by atoms with Gasteiger partial charge in [0, 0.05) is 27.9 Å². The van der Waals surface area contributed by atoms with Gasteiger partial charge in [0.1, 0.15) is 0 Å². The van der Waals surface area contributed by atoms with Crippen molar-refractivity contribution < 1.29 is 9.59 Å². The topological polar surface area (TPSA) is 58.2 Å². The van der Waals surface area contributed by atoms with E-state index in [1.165, 1.54) is 12.8 Å². The van der Waals surface area contributed by atoms with Gasteiger partial charge >= 0.3 is 0 Å². The molecule has 0 heterocycles. The van der Waals surface area contributed by atoms with Crippen molar-refractivity contribution in [3.05, 3.63) is 64.7 Å². The van der Waals surface area contributed by atoms with Gasteiger partial charge in [0.15, 0.2) is 5.78 Å². The molecular weight excluding hydrogens is 336 g/mol. The van der Waals surface area contributed by atoms with Gasteiger partial charge < -0.3 is 10.6 Å². The van der Waals surface area contributed by atoms with E-state index in [2.05, 4.69) is 10.6 Å². The van der Waals surface area contributed by atoms with Crippen LogP contribution in [-0.2, 0) is 4.79 Å². The Hall–Kier alpha value is -2.33. The van der Waals surface area contributed by atoms with Gasteiger partial charge in [0.25, 0.3) is 0 Å². The minimum Gasteiger partial charge on any atom is -0.376 e. The first-order chi connectivity index (χ1) is 12.1. The largest absolute Gasteiger partial charge is 0.376 e. The second-order valence-corrected chi connectivity index (χ2v) is 6.72. The Labute approximate surface area is 152 Å². The number of benzene rings is 2. The average molecular weight is 357 g/mol. The first-order valence-electron chi connectivity index (χ1n) is 8.56. The Morgan fingerprint density at radius 3 is 2.48 bits per heavy atom. The summed E-state index contributed by atoms with van der Waals surface area (Å²) in [6, 6.07) is 14.4. The summed E-state index contributed by atoms with van der Waals surface area (Å²) < 4.78 is 0. The lowest BCUT2D eigenvalue weighted by molar-refractivity contribution is -0.120. The minimum absolute atomic E-state index is 0.0556. The van der Waals surface area contributed by atoms with Crippen LogP contribution in [0, 0.1) is 0 Å². The lowest BCUT2D eigenvalue weighted by Crippen LogP contribution is -2.36. The molecule has 0 saturated heterocycles. The van der Waals surface area contributed by atoms with Crippen LogP contribution >= 0.6 is 11.6 Å². The molecule has 25 heavy (non-hydrogen) atoms. The monoisotopic (exact) mass is 356 g/mol. The van der Waals surface area contributed by atoms with Gasteiger partial charge in [-0.25, -0.2) is 0 Å². The number of ketones is 1. The smallest absolute Gasteiger partial charge is 0.239 e. The molecule has 2 aromatic carbocycles. The van der Waals surface area contributed by atoms with E-state index in [1.54, 1.807) is 30.3 Å². The van der Waals surface area contributed by atoms with E-state index in [-0.39, 0.29) is 24.3 Å². The van der Waals surface area contributed by atoms with Crippen LogP contribution in [0.3, 0.4) is 0 Å². The first kappa shape index (κ1) is 17.5. The van der Waals surface area contributed by atoms with Crippen LogP contribution in [0.25, 0.3) is 0 Å². The Morgan fingerprint density at radius 2 is 1.76 bits per heavy atom. The van der Waals surface area contributed by atoms with Gasteiger partial charge in [0.05, 0.1) is 6.54 Å². The van der Waals surface area contributed by atoms with Crippen LogP contribution in [0.4, 0.5) is 5.69 Å². The van der Waals surface area contributed by atoms with Crippen LogP contribution in [0.5, 0.6) is 0 Å². The third-order valence-corrected chi connectivity index (χ3v) is 4.66. The summed E-state index contributed by atoms with van der Waals surface area (Å²) in [7, 11) is 0. The third-order valence-electron chi connectivity index (χ3n) is 4.42. The summed E-state index contributed by atoms with van der Waals surface area (Å²) >= 11 is 6.07. The highest BCUT2D eigenvalue weighted by Crippen LogP contribution is 2.24. The van der Waals surface area contributed by atoms with Crippen LogP contribution in [0.1, 0.15) is 41.6 Å². The quantitative estimate of drug-likeness (QED) is 0.768. The summed E-state index contributed by atoms with van der Waals surface area (Å²) in [6.07, 6.45) is 4.44. The summed E-state index contributed by atoms with van der Waals surface area (Å²) in [5, 5.41) is 6.59. The van der Waals surface area contributed by atoms with Gasteiger partial charge in [-0.2, -0.15) is 0 Å². The lowest BCUT2D eigenvalue weighted by atomic mass is 10.0. The van der Waals surface area contributed by atoms with Crippen LogP contribution < -0.4 is 10.6 Å². The summed E-state index contributed by atoms with van der Waals surface area (Å²) in [4.78, 5) is 24.8. The number of amides is 1. The molecule has 1 aliphatic carbocycles. The van der Waals surface area contributed by atoms with Gasteiger partial charge in [-0.05, 0) is 31.0 Å². The van der Waals surface area contributed by atoms with E-state index in [4.69, 9.17) is 11.6 Å². The molecule has 0 spiro atoms. The molecule has 2 aromatic rings. The Balaban J connectivity index is 1.70. The van der Waals surface area contributed by atoms with Crippen molar-refractivity contribution in [1.82, 2.24) is 5.32 Å². The predicted molar refractivity (Wildman–Crippen MR) is 100 cm³/mol. The fourth-order valence-electron chi connectivity index (χ4n) is 3.13. The standard InChI is InChI=1S/C20H21ClN2O2/c21-15-10-11-18(22-13-19(24)23-16-8-4-5-9-16)17(12-15)20(25)14-6-2-1-3-7-14/h1-3,6-7,10-12,16,22H,4-5,8-9,13H2,(H,23,24). The maximum Gasteiger partial charge on any atom is 0.239 e.